The number of ether oxygens (including phenoxy) is 1. The van der Waals surface area contributed by atoms with E-state index in [0.29, 0.717) is 22.3 Å². The first kappa shape index (κ1) is 22.1. The maximum Gasteiger partial charge on any atom is 0.340 e. The topological polar surface area (TPSA) is 89.5 Å². The molecule has 0 bridgehead atoms. The number of halogens is 3. The predicted molar refractivity (Wildman–Crippen MR) is 102 cm³/mol. The van der Waals surface area contributed by atoms with Crippen molar-refractivity contribution >= 4 is 50.8 Å². The van der Waals surface area contributed by atoms with Crippen LogP contribution < -0.4 is 5.32 Å². The maximum atomic E-state index is 12.3. The lowest BCUT2D eigenvalue weighted by Crippen LogP contribution is -2.21. The first-order chi connectivity index (χ1) is 13.1. The molecule has 28 heavy (non-hydrogen) atoms. The summed E-state index contributed by atoms with van der Waals surface area (Å²) in [6, 6.07) is 9.24. The highest BCUT2D eigenvalue weighted by atomic mass is 35.5. The minimum absolute atomic E-state index is 0.0232. The van der Waals surface area contributed by atoms with Crippen molar-refractivity contribution in [2.75, 3.05) is 18.2 Å². The van der Waals surface area contributed by atoms with Gasteiger partial charge >= 0.3 is 5.97 Å². The van der Waals surface area contributed by atoms with Gasteiger partial charge in [-0.3, -0.25) is 4.79 Å². The molecular formula is C17H14ClF2NO5S2. The van der Waals surface area contributed by atoms with Crippen molar-refractivity contribution in [2.45, 2.75) is 15.5 Å². The number of amides is 1. The van der Waals surface area contributed by atoms with E-state index in [0.717, 1.165) is 12.3 Å². The molecule has 0 heterocycles. The highest BCUT2D eigenvalue weighted by molar-refractivity contribution is 7.99. The Bertz CT molecular complexity index is 982. The van der Waals surface area contributed by atoms with Crippen molar-refractivity contribution in [3.05, 3.63) is 53.1 Å². The van der Waals surface area contributed by atoms with Gasteiger partial charge < -0.3 is 10.1 Å². The van der Waals surface area contributed by atoms with E-state index in [9.17, 15) is 26.8 Å². The van der Waals surface area contributed by atoms with Gasteiger partial charge in [0.2, 0.25) is 0 Å². The third kappa shape index (κ3) is 6.47. The molecule has 6 nitrogen and oxygen atoms in total. The van der Waals surface area contributed by atoms with E-state index >= 15 is 0 Å². The molecule has 0 aromatic heterocycles. The number of rotatable bonds is 7. The van der Waals surface area contributed by atoms with Gasteiger partial charge in [0.1, 0.15) is 0 Å². The summed E-state index contributed by atoms with van der Waals surface area (Å²) in [5.41, 5.74) is 0.141. The minimum atomic E-state index is -3.55. The van der Waals surface area contributed by atoms with Crippen molar-refractivity contribution < 1.29 is 31.5 Å². The fraction of sp³-hybridized carbons (Fsp3) is 0.176. The second kappa shape index (κ2) is 9.35. The number of esters is 1. The van der Waals surface area contributed by atoms with Crippen LogP contribution in [0.4, 0.5) is 14.5 Å². The van der Waals surface area contributed by atoms with Gasteiger partial charge in [0.25, 0.3) is 11.7 Å². The van der Waals surface area contributed by atoms with Crippen LogP contribution in [-0.4, -0.2) is 38.9 Å². The molecule has 1 N–H and O–H groups in total. The number of hydrogen-bond donors (Lipinski definition) is 1. The summed E-state index contributed by atoms with van der Waals surface area (Å²) in [4.78, 5) is 24.2. The van der Waals surface area contributed by atoms with Gasteiger partial charge in [0.05, 0.1) is 15.5 Å². The van der Waals surface area contributed by atoms with E-state index in [4.69, 9.17) is 16.3 Å². The molecule has 0 unspecified atom stereocenters. The van der Waals surface area contributed by atoms with E-state index in [1.807, 2.05) is 0 Å². The number of benzene rings is 2. The van der Waals surface area contributed by atoms with Gasteiger partial charge in [-0.1, -0.05) is 23.4 Å². The van der Waals surface area contributed by atoms with Crippen LogP contribution in [0, 0.1) is 0 Å². The average molecular weight is 450 g/mol. The number of sulfone groups is 1. The molecule has 0 saturated carbocycles. The molecule has 0 aliphatic rings. The van der Waals surface area contributed by atoms with Crippen LogP contribution in [0.5, 0.6) is 0 Å². The van der Waals surface area contributed by atoms with Crippen LogP contribution in [0.1, 0.15) is 10.4 Å². The highest BCUT2D eigenvalue weighted by Crippen LogP contribution is 2.26. The highest BCUT2D eigenvalue weighted by Gasteiger charge is 2.18. The van der Waals surface area contributed by atoms with Gasteiger partial charge in [0.15, 0.2) is 16.4 Å². The van der Waals surface area contributed by atoms with Gasteiger partial charge in [-0.25, -0.2) is 13.2 Å². The summed E-state index contributed by atoms with van der Waals surface area (Å²) in [5, 5.41) is 2.41. The van der Waals surface area contributed by atoms with Crippen molar-refractivity contribution in [2.24, 2.45) is 0 Å². The average Bonchev–Trinajstić information content (AvgIpc) is 2.60. The Hall–Kier alpha value is -2.17. The number of carbonyl (C=O) groups is 2. The maximum absolute atomic E-state index is 12.3. The smallest absolute Gasteiger partial charge is 0.340 e. The summed E-state index contributed by atoms with van der Waals surface area (Å²) in [6.07, 6.45) is 0.976. The van der Waals surface area contributed by atoms with Crippen LogP contribution >= 0.6 is 23.4 Å². The van der Waals surface area contributed by atoms with Gasteiger partial charge in [-0.2, -0.15) is 8.78 Å². The van der Waals surface area contributed by atoms with E-state index in [1.165, 1.54) is 36.4 Å². The third-order valence-electron chi connectivity index (χ3n) is 3.28. The second-order valence-electron chi connectivity index (χ2n) is 5.44. The molecule has 0 fully saturated rings. The molecule has 0 radical (unpaired) electrons. The minimum Gasteiger partial charge on any atom is -0.452 e. The van der Waals surface area contributed by atoms with E-state index < -0.39 is 34.1 Å². The molecule has 11 heteroatoms. The third-order valence-corrected chi connectivity index (χ3v) is 5.45. The van der Waals surface area contributed by atoms with Crippen LogP contribution in [0.3, 0.4) is 0 Å². The molecule has 2 rings (SSSR count). The Balaban J connectivity index is 1.96. The van der Waals surface area contributed by atoms with Crippen LogP contribution in [0.15, 0.2) is 52.3 Å². The lowest BCUT2D eigenvalue weighted by molar-refractivity contribution is -0.119. The normalized spacial score (nSPS) is 11.3. The fourth-order valence-corrected chi connectivity index (χ4v) is 3.36. The zero-order chi connectivity index (χ0) is 20.9. The zero-order valence-corrected chi connectivity index (χ0v) is 16.7. The van der Waals surface area contributed by atoms with Crippen LogP contribution in [0.25, 0.3) is 0 Å². The Morgan fingerprint density at radius 1 is 1.18 bits per heavy atom. The fourth-order valence-electron chi connectivity index (χ4n) is 2.02. The van der Waals surface area contributed by atoms with Crippen molar-refractivity contribution in [3.8, 4) is 0 Å². The molecular weight excluding hydrogens is 436 g/mol. The molecule has 0 aliphatic heterocycles. The molecule has 2 aromatic carbocycles. The Morgan fingerprint density at radius 3 is 2.39 bits per heavy atom. The molecule has 2 aromatic rings. The van der Waals surface area contributed by atoms with Gasteiger partial charge in [-0.05, 0) is 42.5 Å². The predicted octanol–water partition coefficient (Wildman–Crippen LogP) is 3.85. The molecule has 0 atom stereocenters. The monoisotopic (exact) mass is 449 g/mol. The van der Waals surface area contributed by atoms with Gasteiger partial charge in [0, 0.05) is 16.8 Å². The number of carbonyl (C=O) groups excluding carboxylic acids is 2. The van der Waals surface area contributed by atoms with Crippen LogP contribution in [-0.2, 0) is 19.4 Å². The number of anilines is 1. The van der Waals surface area contributed by atoms with E-state index in [2.05, 4.69) is 5.32 Å². The van der Waals surface area contributed by atoms with E-state index in [1.54, 1.807) is 0 Å². The Kier molecular flexibility index (Phi) is 7.39. The standard InChI is InChI=1S/C17H14ClF2NO5S2/c1-28(24,25)12-6-7-14(18)13(8-12)16(23)26-9-15(22)21-10-2-4-11(5-3-10)27-17(19)20/h2-8,17H,9H2,1H3,(H,21,22). The quantitative estimate of drug-likeness (QED) is 0.510. The lowest BCUT2D eigenvalue weighted by atomic mass is 10.2. The zero-order valence-electron chi connectivity index (χ0n) is 14.3. The summed E-state index contributed by atoms with van der Waals surface area (Å²) in [5.74, 6) is -4.18. The summed E-state index contributed by atoms with van der Waals surface area (Å²) < 4.78 is 52.5. The van der Waals surface area contributed by atoms with E-state index in [-0.39, 0.29) is 15.5 Å². The Labute approximate surface area is 169 Å². The molecule has 1 amide bonds. The number of nitrogens with one attached hydrogen (secondary N) is 1. The van der Waals surface area contributed by atoms with Gasteiger partial charge in [-0.15, -0.1) is 0 Å². The molecule has 0 aliphatic carbocycles. The largest absolute Gasteiger partial charge is 0.452 e. The van der Waals surface area contributed by atoms with Crippen LogP contribution in [0.2, 0.25) is 5.02 Å². The number of thioether (sulfide) groups is 1. The first-order valence-corrected chi connectivity index (χ1v) is 10.7. The Morgan fingerprint density at radius 2 is 1.82 bits per heavy atom. The second-order valence-corrected chi connectivity index (χ2v) is 8.93. The summed E-state index contributed by atoms with van der Waals surface area (Å²) in [6.45, 7) is -0.647. The summed E-state index contributed by atoms with van der Waals surface area (Å²) >= 11 is 6.26. The molecule has 0 saturated heterocycles. The number of hydrogen-bond acceptors (Lipinski definition) is 6. The first-order valence-electron chi connectivity index (χ1n) is 7.57. The summed E-state index contributed by atoms with van der Waals surface area (Å²) in [7, 11) is -3.55. The van der Waals surface area contributed by atoms with Crippen molar-refractivity contribution in [3.63, 3.8) is 0 Å². The molecule has 0 spiro atoms. The number of alkyl halides is 2. The van der Waals surface area contributed by atoms with Crippen molar-refractivity contribution in [1.82, 2.24) is 0 Å². The van der Waals surface area contributed by atoms with Crippen molar-refractivity contribution in [1.29, 1.82) is 0 Å². The lowest BCUT2D eigenvalue weighted by Gasteiger charge is -2.09. The SMILES string of the molecule is CS(=O)(=O)c1ccc(Cl)c(C(=O)OCC(=O)Nc2ccc(SC(F)F)cc2)c1. The molecule has 150 valence electrons.